The number of hydrogen-bond donors (Lipinski definition) is 0. The molecule has 128 valence electrons. The fraction of sp³-hybridized carbons (Fsp3) is 0.222. The topological polar surface area (TPSA) is 83.7 Å². The standard InChI is InChI=1S/C18H18N4O2S/c1-13(17(23)24)25-18-21-20-16(15-8-5-10-19-12-15)22(18)11-9-14-6-3-2-4-7-14/h2-8,10,12-13H,9,11H2,1H3,(H,23,24)/p-1/t13-/m0/s1. The van der Waals surface area contributed by atoms with E-state index in [9.17, 15) is 9.90 Å². The molecule has 0 radical (unpaired) electrons. The number of rotatable bonds is 7. The maximum absolute atomic E-state index is 11.1. The zero-order chi connectivity index (χ0) is 17.6. The first-order chi connectivity index (χ1) is 12.1. The fourth-order valence-electron chi connectivity index (χ4n) is 2.38. The van der Waals surface area contributed by atoms with E-state index in [-0.39, 0.29) is 0 Å². The number of thioether (sulfide) groups is 1. The van der Waals surface area contributed by atoms with Crippen molar-refractivity contribution in [2.45, 2.75) is 30.3 Å². The molecule has 2 heterocycles. The van der Waals surface area contributed by atoms with E-state index >= 15 is 0 Å². The Hall–Kier alpha value is -2.67. The van der Waals surface area contributed by atoms with Crippen LogP contribution in [0.5, 0.6) is 0 Å². The van der Waals surface area contributed by atoms with Gasteiger partial charge in [0, 0.05) is 29.8 Å². The Balaban J connectivity index is 1.90. The third-order valence-electron chi connectivity index (χ3n) is 3.72. The lowest BCUT2D eigenvalue weighted by Crippen LogP contribution is -2.31. The van der Waals surface area contributed by atoms with Gasteiger partial charge in [0.2, 0.25) is 0 Å². The van der Waals surface area contributed by atoms with Gasteiger partial charge in [0.25, 0.3) is 0 Å². The molecule has 0 amide bonds. The van der Waals surface area contributed by atoms with Crippen molar-refractivity contribution in [1.29, 1.82) is 0 Å². The van der Waals surface area contributed by atoms with E-state index in [0.29, 0.717) is 17.5 Å². The Kier molecular flexibility index (Phi) is 5.45. The molecule has 0 fully saturated rings. The third kappa shape index (κ3) is 4.24. The second kappa shape index (κ2) is 7.94. The normalized spacial score (nSPS) is 12.0. The second-order valence-electron chi connectivity index (χ2n) is 5.51. The number of hydrogen-bond acceptors (Lipinski definition) is 6. The number of carbonyl (C=O) groups is 1. The summed E-state index contributed by atoms with van der Waals surface area (Å²) in [6.45, 7) is 2.23. The van der Waals surface area contributed by atoms with Gasteiger partial charge in [-0.3, -0.25) is 4.98 Å². The third-order valence-corrected chi connectivity index (χ3v) is 4.78. The summed E-state index contributed by atoms with van der Waals surface area (Å²) in [4.78, 5) is 15.2. The Morgan fingerprint density at radius 1 is 1.20 bits per heavy atom. The van der Waals surface area contributed by atoms with Crippen LogP contribution in [-0.2, 0) is 17.8 Å². The molecule has 0 N–H and O–H groups in total. The molecule has 2 aromatic heterocycles. The first-order valence-corrected chi connectivity index (χ1v) is 8.78. The Bertz CT molecular complexity index is 837. The molecule has 0 aliphatic carbocycles. The van der Waals surface area contributed by atoms with Gasteiger partial charge in [0.1, 0.15) is 0 Å². The molecule has 0 saturated heterocycles. The van der Waals surface area contributed by atoms with Crippen molar-refractivity contribution in [2.75, 3.05) is 0 Å². The molecule has 25 heavy (non-hydrogen) atoms. The summed E-state index contributed by atoms with van der Waals surface area (Å²) in [5.74, 6) is -0.442. The van der Waals surface area contributed by atoms with E-state index in [0.717, 1.165) is 23.7 Å². The van der Waals surface area contributed by atoms with E-state index < -0.39 is 11.2 Å². The van der Waals surface area contributed by atoms with Crippen LogP contribution in [0.25, 0.3) is 11.4 Å². The molecule has 6 nitrogen and oxygen atoms in total. The highest BCUT2D eigenvalue weighted by Gasteiger charge is 2.17. The summed E-state index contributed by atoms with van der Waals surface area (Å²) in [5, 5.41) is 19.4. The van der Waals surface area contributed by atoms with Crippen LogP contribution in [0.4, 0.5) is 0 Å². The number of aromatic nitrogens is 4. The van der Waals surface area contributed by atoms with E-state index in [1.165, 1.54) is 5.56 Å². The molecule has 0 aliphatic heterocycles. The lowest BCUT2D eigenvalue weighted by Gasteiger charge is -2.14. The highest BCUT2D eigenvalue weighted by atomic mass is 32.2. The van der Waals surface area contributed by atoms with E-state index in [2.05, 4.69) is 27.3 Å². The van der Waals surface area contributed by atoms with Gasteiger partial charge in [-0.2, -0.15) is 0 Å². The number of benzene rings is 1. The summed E-state index contributed by atoms with van der Waals surface area (Å²) in [5.41, 5.74) is 2.04. The predicted octanol–water partition coefficient (Wildman–Crippen LogP) is 1.81. The minimum atomic E-state index is -1.12. The molecule has 0 aliphatic rings. The molecule has 3 aromatic rings. The number of aryl methyl sites for hydroxylation is 1. The minimum absolute atomic E-state index is 0.562. The summed E-state index contributed by atoms with van der Waals surface area (Å²) < 4.78 is 1.94. The SMILES string of the molecule is C[C@H](Sc1nnc(-c2cccnc2)n1CCc1ccccc1)C(=O)[O-]. The van der Waals surface area contributed by atoms with Gasteiger partial charge in [-0.05, 0) is 31.0 Å². The molecule has 7 heteroatoms. The number of nitrogens with zero attached hydrogens (tertiary/aromatic N) is 4. The van der Waals surface area contributed by atoms with Crippen LogP contribution < -0.4 is 5.11 Å². The number of carbonyl (C=O) groups excluding carboxylic acids is 1. The molecule has 0 bridgehead atoms. The van der Waals surface area contributed by atoms with Crippen molar-refractivity contribution < 1.29 is 9.90 Å². The van der Waals surface area contributed by atoms with Crippen LogP contribution in [0.3, 0.4) is 0 Å². The van der Waals surface area contributed by atoms with Crippen LogP contribution in [0.15, 0.2) is 60.0 Å². The molecular formula is C18H17N4O2S-. The van der Waals surface area contributed by atoms with E-state index in [1.54, 1.807) is 19.3 Å². The molecule has 3 rings (SSSR count). The Labute approximate surface area is 149 Å². The zero-order valence-electron chi connectivity index (χ0n) is 13.7. The number of pyridine rings is 1. The van der Waals surface area contributed by atoms with Crippen LogP contribution in [-0.4, -0.2) is 31.0 Å². The Morgan fingerprint density at radius 2 is 2.00 bits per heavy atom. The average molecular weight is 353 g/mol. The van der Waals surface area contributed by atoms with Crippen molar-refractivity contribution in [3.05, 3.63) is 60.4 Å². The highest BCUT2D eigenvalue weighted by molar-refractivity contribution is 8.00. The first-order valence-electron chi connectivity index (χ1n) is 7.90. The monoisotopic (exact) mass is 353 g/mol. The molecule has 1 atom stereocenters. The molecule has 1 aromatic carbocycles. The number of carboxylic acids is 1. The van der Waals surface area contributed by atoms with E-state index in [4.69, 9.17) is 0 Å². The van der Waals surface area contributed by atoms with E-state index in [1.807, 2.05) is 34.9 Å². The van der Waals surface area contributed by atoms with Crippen LogP contribution in [0.2, 0.25) is 0 Å². The smallest absolute Gasteiger partial charge is 0.192 e. The maximum Gasteiger partial charge on any atom is 0.192 e. The van der Waals surface area contributed by atoms with Gasteiger partial charge in [0.05, 0.1) is 5.97 Å². The highest BCUT2D eigenvalue weighted by Crippen LogP contribution is 2.26. The number of aliphatic carboxylic acids is 1. The van der Waals surface area contributed by atoms with Crippen LogP contribution in [0.1, 0.15) is 12.5 Å². The number of carboxylic acid groups (broad SMARTS) is 1. The summed E-state index contributed by atoms with van der Waals surface area (Å²) in [6.07, 6.45) is 4.21. The summed E-state index contributed by atoms with van der Waals surface area (Å²) in [6, 6.07) is 13.8. The molecule has 0 spiro atoms. The van der Waals surface area contributed by atoms with Crippen molar-refractivity contribution in [3.8, 4) is 11.4 Å². The fourth-order valence-corrected chi connectivity index (χ4v) is 3.18. The first kappa shape index (κ1) is 17.2. The lowest BCUT2D eigenvalue weighted by molar-refractivity contribution is -0.304. The van der Waals surface area contributed by atoms with Gasteiger partial charge < -0.3 is 14.5 Å². The predicted molar refractivity (Wildman–Crippen MR) is 93.7 cm³/mol. The molecular weight excluding hydrogens is 336 g/mol. The maximum atomic E-state index is 11.1. The van der Waals surface area contributed by atoms with Gasteiger partial charge in [0.15, 0.2) is 11.0 Å². The zero-order valence-corrected chi connectivity index (χ0v) is 14.5. The van der Waals surface area contributed by atoms with Crippen molar-refractivity contribution in [3.63, 3.8) is 0 Å². The molecule has 0 unspecified atom stereocenters. The van der Waals surface area contributed by atoms with Gasteiger partial charge in [-0.1, -0.05) is 42.1 Å². The molecule has 0 saturated carbocycles. The second-order valence-corrected chi connectivity index (χ2v) is 6.82. The van der Waals surface area contributed by atoms with Gasteiger partial charge in [-0.15, -0.1) is 10.2 Å². The lowest BCUT2D eigenvalue weighted by atomic mass is 10.1. The summed E-state index contributed by atoms with van der Waals surface area (Å²) in [7, 11) is 0. The average Bonchev–Trinajstić information content (AvgIpc) is 3.04. The summed E-state index contributed by atoms with van der Waals surface area (Å²) >= 11 is 1.14. The minimum Gasteiger partial charge on any atom is -0.549 e. The Morgan fingerprint density at radius 3 is 2.68 bits per heavy atom. The quantitative estimate of drug-likeness (QED) is 0.603. The van der Waals surface area contributed by atoms with Crippen LogP contribution >= 0.6 is 11.8 Å². The van der Waals surface area contributed by atoms with Crippen molar-refractivity contribution in [2.24, 2.45) is 0 Å². The van der Waals surface area contributed by atoms with Crippen molar-refractivity contribution >= 4 is 17.7 Å². The van der Waals surface area contributed by atoms with Gasteiger partial charge in [-0.25, -0.2) is 0 Å². The largest absolute Gasteiger partial charge is 0.549 e. The van der Waals surface area contributed by atoms with Gasteiger partial charge >= 0.3 is 0 Å². The van der Waals surface area contributed by atoms with Crippen LogP contribution in [0, 0.1) is 0 Å². The van der Waals surface area contributed by atoms with Crippen molar-refractivity contribution in [1.82, 2.24) is 19.7 Å².